The number of amides is 2. The maximum atomic E-state index is 13.6. The van der Waals surface area contributed by atoms with Crippen molar-refractivity contribution in [3.63, 3.8) is 0 Å². The number of imide groups is 1. The van der Waals surface area contributed by atoms with Crippen LogP contribution >= 0.6 is 0 Å². The third kappa shape index (κ3) is 5.53. The molecule has 3 fully saturated rings. The van der Waals surface area contributed by atoms with Crippen molar-refractivity contribution in [2.24, 2.45) is 11.8 Å². The summed E-state index contributed by atoms with van der Waals surface area (Å²) in [4.78, 5) is 42.3. The Morgan fingerprint density at radius 1 is 1.02 bits per heavy atom. The highest BCUT2D eigenvalue weighted by Crippen LogP contribution is 2.55. The molecule has 2 aromatic carbocycles. The van der Waals surface area contributed by atoms with Crippen molar-refractivity contribution in [1.82, 2.24) is 4.90 Å². The molecular weight excluding hydrogens is 551 g/mol. The lowest BCUT2D eigenvalue weighted by Crippen LogP contribution is -2.58. The minimum Gasteiger partial charge on any atom is -0.461 e. The normalized spacial score (nSPS) is 27.2. The van der Waals surface area contributed by atoms with Gasteiger partial charge in [-0.25, -0.2) is 4.90 Å². The van der Waals surface area contributed by atoms with Crippen LogP contribution in [-0.2, 0) is 36.6 Å². The second-order valence-electron chi connectivity index (χ2n) is 11.7. The van der Waals surface area contributed by atoms with E-state index in [9.17, 15) is 27.6 Å². The first kappa shape index (κ1) is 29.7. The van der Waals surface area contributed by atoms with Crippen LogP contribution in [0.15, 0.2) is 48.5 Å². The lowest BCUT2D eigenvalue weighted by atomic mass is 9.79. The van der Waals surface area contributed by atoms with E-state index in [4.69, 9.17) is 14.7 Å². The SMILES string of the molecule is CC12CN(CCCCCC(=O)OCc3ccccc3)C[C@@](C)(O1)[C@H]1C(=O)N(c3ccc(C#N)c(C(F)(F)F)c3)C(=O)[C@H]12. The topological polar surface area (TPSA) is 99.9 Å². The number of carbonyl (C=O) groups is 3. The van der Waals surface area contributed by atoms with E-state index in [1.807, 2.05) is 30.3 Å². The molecule has 3 heterocycles. The van der Waals surface area contributed by atoms with E-state index < -0.39 is 52.2 Å². The predicted octanol–water partition coefficient (Wildman–Crippen LogP) is 4.85. The number of morpholine rings is 1. The Bertz CT molecular complexity index is 1390. The number of benzene rings is 2. The van der Waals surface area contributed by atoms with Gasteiger partial charge in [0.25, 0.3) is 0 Å². The Kier molecular flexibility index (Phi) is 7.89. The minimum atomic E-state index is -4.82. The molecule has 3 aliphatic heterocycles. The van der Waals surface area contributed by atoms with Crippen LogP contribution in [0.2, 0.25) is 0 Å². The highest BCUT2D eigenvalue weighted by atomic mass is 19.4. The first-order valence-corrected chi connectivity index (χ1v) is 14.0. The lowest BCUT2D eigenvalue weighted by Gasteiger charge is -2.45. The van der Waals surface area contributed by atoms with Crippen molar-refractivity contribution in [3.8, 4) is 6.07 Å². The number of nitriles is 1. The van der Waals surface area contributed by atoms with E-state index in [-0.39, 0.29) is 18.3 Å². The van der Waals surface area contributed by atoms with Crippen molar-refractivity contribution in [1.29, 1.82) is 5.26 Å². The summed E-state index contributed by atoms with van der Waals surface area (Å²) >= 11 is 0. The zero-order chi connectivity index (χ0) is 30.3. The summed E-state index contributed by atoms with van der Waals surface area (Å²) in [5.41, 5.74) is -3.04. The summed E-state index contributed by atoms with van der Waals surface area (Å²) in [6, 6.07) is 13.9. The van der Waals surface area contributed by atoms with E-state index in [0.29, 0.717) is 38.5 Å². The van der Waals surface area contributed by atoms with Crippen molar-refractivity contribution in [3.05, 3.63) is 65.2 Å². The van der Waals surface area contributed by atoms with Gasteiger partial charge >= 0.3 is 12.1 Å². The van der Waals surface area contributed by atoms with E-state index in [1.165, 1.54) is 12.1 Å². The fourth-order valence-electron chi connectivity index (χ4n) is 6.77. The number of rotatable bonds is 9. The van der Waals surface area contributed by atoms with Crippen LogP contribution in [0.3, 0.4) is 0 Å². The zero-order valence-electron chi connectivity index (χ0n) is 23.4. The van der Waals surface area contributed by atoms with Crippen LogP contribution < -0.4 is 4.90 Å². The molecule has 2 aromatic rings. The number of fused-ring (bicyclic) bond motifs is 5. The van der Waals surface area contributed by atoms with Gasteiger partial charge in [-0.05, 0) is 57.0 Å². The van der Waals surface area contributed by atoms with Gasteiger partial charge < -0.3 is 9.47 Å². The predicted molar refractivity (Wildman–Crippen MR) is 145 cm³/mol. The molecule has 0 N–H and O–H groups in total. The Morgan fingerprint density at radius 2 is 1.67 bits per heavy atom. The first-order valence-electron chi connectivity index (χ1n) is 14.0. The van der Waals surface area contributed by atoms with Crippen molar-refractivity contribution < 1.29 is 37.0 Å². The molecule has 0 saturated carbocycles. The summed E-state index contributed by atoms with van der Waals surface area (Å²) in [6.07, 6.45) is -2.23. The number of carbonyl (C=O) groups excluding carboxylic acids is 3. The van der Waals surface area contributed by atoms with Gasteiger partial charge in [0.15, 0.2) is 0 Å². The van der Waals surface area contributed by atoms with Gasteiger partial charge in [-0.3, -0.25) is 19.3 Å². The second kappa shape index (κ2) is 11.2. The number of esters is 1. The van der Waals surface area contributed by atoms with E-state index in [0.717, 1.165) is 29.4 Å². The monoisotopic (exact) mass is 583 g/mol. The second-order valence-corrected chi connectivity index (χ2v) is 11.7. The molecule has 0 aliphatic carbocycles. The molecule has 2 bridgehead atoms. The van der Waals surface area contributed by atoms with Crippen molar-refractivity contribution >= 4 is 23.5 Å². The van der Waals surface area contributed by atoms with Gasteiger partial charge in [0.05, 0.1) is 45.9 Å². The van der Waals surface area contributed by atoms with Crippen LogP contribution in [0.1, 0.15) is 56.2 Å². The third-order valence-electron chi connectivity index (χ3n) is 8.45. The molecule has 0 spiro atoms. The Balaban J connectivity index is 1.19. The van der Waals surface area contributed by atoms with E-state index >= 15 is 0 Å². The Labute approximate surface area is 242 Å². The molecule has 42 heavy (non-hydrogen) atoms. The fraction of sp³-hybridized carbons (Fsp3) is 0.484. The largest absolute Gasteiger partial charge is 0.461 e. The van der Waals surface area contributed by atoms with Gasteiger partial charge in [0.2, 0.25) is 11.8 Å². The van der Waals surface area contributed by atoms with Crippen LogP contribution in [0.5, 0.6) is 0 Å². The number of alkyl halides is 3. The zero-order valence-corrected chi connectivity index (χ0v) is 23.4. The molecule has 3 saturated heterocycles. The molecule has 2 amide bonds. The van der Waals surface area contributed by atoms with E-state index in [1.54, 1.807) is 13.8 Å². The number of halogens is 3. The first-order chi connectivity index (χ1) is 19.9. The summed E-state index contributed by atoms with van der Waals surface area (Å²) in [5.74, 6) is -3.12. The molecule has 222 valence electrons. The van der Waals surface area contributed by atoms with Gasteiger partial charge in [-0.15, -0.1) is 0 Å². The molecule has 5 rings (SSSR count). The average molecular weight is 584 g/mol. The molecule has 8 nitrogen and oxygen atoms in total. The van der Waals surface area contributed by atoms with Gasteiger partial charge in [0.1, 0.15) is 6.61 Å². The van der Waals surface area contributed by atoms with Crippen molar-refractivity contribution in [2.75, 3.05) is 24.5 Å². The molecule has 0 aromatic heterocycles. The quantitative estimate of drug-likeness (QED) is 0.236. The van der Waals surface area contributed by atoms with Crippen LogP contribution in [0, 0.1) is 23.2 Å². The van der Waals surface area contributed by atoms with Gasteiger partial charge in [0, 0.05) is 19.5 Å². The summed E-state index contributed by atoms with van der Waals surface area (Å²) < 4.78 is 52.4. The third-order valence-corrected chi connectivity index (χ3v) is 8.45. The van der Waals surface area contributed by atoms with Gasteiger partial charge in [-0.1, -0.05) is 36.8 Å². The average Bonchev–Trinajstić information content (AvgIpc) is 3.31. The molecule has 0 radical (unpaired) electrons. The standard InChI is InChI=1S/C31H32F3N3O5/c1-29-18-36(14-8-4-7-11-24(38)41-17-20-9-5-3-6-10-20)19-30(2,42-29)26-25(29)27(39)37(28(26)40)22-13-12-21(16-35)23(15-22)31(32,33)34/h3,5-6,9-10,12-13,15,25-26H,4,7-8,11,14,17-19H2,1-2H3/t25-,26+,29-,30?/m1/s1. The molecule has 11 heteroatoms. The molecule has 4 atom stereocenters. The highest BCUT2D eigenvalue weighted by Gasteiger charge is 2.71. The lowest BCUT2D eigenvalue weighted by molar-refractivity contribution is -0.169. The highest BCUT2D eigenvalue weighted by molar-refractivity contribution is 6.23. The number of nitrogens with zero attached hydrogens (tertiary/aromatic N) is 3. The molecular formula is C31H32F3N3O5. The number of likely N-dealkylation sites (tertiary alicyclic amines) is 1. The fourth-order valence-corrected chi connectivity index (χ4v) is 6.77. The summed E-state index contributed by atoms with van der Waals surface area (Å²) in [6.45, 7) is 5.26. The smallest absolute Gasteiger partial charge is 0.417 e. The van der Waals surface area contributed by atoms with Gasteiger partial charge in [-0.2, -0.15) is 18.4 Å². The number of unbranched alkanes of at least 4 members (excludes halogenated alkanes) is 2. The summed E-state index contributed by atoms with van der Waals surface area (Å²) in [5, 5.41) is 9.11. The minimum absolute atomic E-state index is 0.199. The number of hydrogen-bond donors (Lipinski definition) is 0. The van der Waals surface area contributed by atoms with Crippen LogP contribution in [-0.4, -0.2) is 53.5 Å². The maximum absolute atomic E-state index is 13.6. The molecule has 1 unspecified atom stereocenters. The number of ether oxygens (including phenoxy) is 2. The van der Waals surface area contributed by atoms with Crippen LogP contribution in [0.4, 0.5) is 18.9 Å². The van der Waals surface area contributed by atoms with Crippen LogP contribution in [0.25, 0.3) is 0 Å². The van der Waals surface area contributed by atoms with E-state index in [2.05, 4.69) is 4.90 Å². The maximum Gasteiger partial charge on any atom is 0.417 e. The Morgan fingerprint density at radius 3 is 2.26 bits per heavy atom. The Hall–Kier alpha value is -3.75. The summed E-state index contributed by atoms with van der Waals surface area (Å²) in [7, 11) is 0. The number of hydrogen-bond acceptors (Lipinski definition) is 7. The number of anilines is 1. The van der Waals surface area contributed by atoms with Crippen molar-refractivity contribution in [2.45, 2.75) is 63.5 Å². The molecule has 3 aliphatic rings.